The first-order valence-corrected chi connectivity index (χ1v) is 5.64. The Kier molecular flexibility index (Phi) is 2.06. The molecule has 3 fully saturated rings. The van der Waals surface area contributed by atoms with Crippen molar-refractivity contribution in [1.82, 2.24) is 0 Å². The van der Waals surface area contributed by atoms with Crippen molar-refractivity contribution >= 4 is 0 Å². The van der Waals surface area contributed by atoms with Gasteiger partial charge in [0.15, 0.2) is 0 Å². The maximum atomic E-state index is 5.83. The van der Waals surface area contributed by atoms with E-state index in [0.29, 0.717) is 6.10 Å². The van der Waals surface area contributed by atoms with E-state index in [2.05, 4.69) is 0 Å². The summed E-state index contributed by atoms with van der Waals surface area (Å²) in [5.74, 6) is 2.62. The quantitative estimate of drug-likeness (QED) is 0.569. The van der Waals surface area contributed by atoms with Crippen molar-refractivity contribution in [3.05, 3.63) is 0 Å². The van der Waals surface area contributed by atoms with E-state index in [9.17, 15) is 0 Å². The molecular weight excluding hydrogens is 164 g/mol. The molecular formula is C11H18O2. The van der Waals surface area contributed by atoms with Gasteiger partial charge in [-0.2, -0.15) is 0 Å². The van der Waals surface area contributed by atoms with Crippen LogP contribution in [0, 0.1) is 17.8 Å². The molecule has 3 aliphatic rings. The van der Waals surface area contributed by atoms with Crippen LogP contribution in [0.25, 0.3) is 0 Å². The van der Waals surface area contributed by atoms with E-state index in [-0.39, 0.29) is 0 Å². The average molecular weight is 182 g/mol. The van der Waals surface area contributed by atoms with Gasteiger partial charge in [-0.05, 0) is 37.0 Å². The largest absolute Gasteiger partial charge is 0.379 e. The molecule has 4 unspecified atom stereocenters. The van der Waals surface area contributed by atoms with Crippen LogP contribution in [0.2, 0.25) is 0 Å². The molecule has 74 valence electrons. The van der Waals surface area contributed by atoms with Gasteiger partial charge in [0.25, 0.3) is 0 Å². The molecule has 2 saturated heterocycles. The highest BCUT2D eigenvalue weighted by molar-refractivity contribution is 4.92. The molecule has 1 saturated carbocycles. The Morgan fingerprint density at radius 2 is 1.85 bits per heavy atom. The summed E-state index contributed by atoms with van der Waals surface area (Å²) in [6.45, 7) is 2.83. The van der Waals surface area contributed by atoms with Gasteiger partial charge in [-0.3, -0.25) is 0 Å². The highest BCUT2D eigenvalue weighted by Gasteiger charge is 2.44. The molecule has 0 N–H and O–H groups in total. The van der Waals surface area contributed by atoms with E-state index in [0.717, 1.165) is 37.6 Å². The third-order valence-electron chi connectivity index (χ3n) is 4.11. The molecule has 0 spiro atoms. The van der Waals surface area contributed by atoms with Crippen molar-refractivity contribution in [2.45, 2.75) is 31.8 Å². The van der Waals surface area contributed by atoms with Crippen LogP contribution < -0.4 is 0 Å². The molecule has 0 bridgehead atoms. The number of hydrogen-bond acceptors (Lipinski definition) is 2. The second kappa shape index (κ2) is 3.25. The van der Waals surface area contributed by atoms with Gasteiger partial charge < -0.3 is 9.47 Å². The second-order valence-electron chi connectivity index (χ2n) is 4.76. The smallest absolute Gasteiger partial charge is 0.0842 e. The van der Waals surface area contributed by atoms with Gasteiger partial charge in [-0.15, -0.1) is 0 Å². The number of hydrogen-bond donors (Lipinski definition) is 0. The average Bonchev–Trinajstić information content (AvgIpc) is 2.44. The maximum Gasteiger partial charge on any atom is 0.0842 e. The highest BCUT2D eigenvalue weighted by Crippen LogP contribution is 2.45. The Labute approximate surface area is 79.6 Å². The molecule has 13 heavy (non-hydrogen) atoms. The Hall–Kier alpha value is -0.0800. The summed E-state index contributed by atoms with van der Waals surface area (Å²) in [6, 6.07) is 0. The van der Waals surface area contributed by atoms with E-state index in [4.69, 9.17) is 9.47 Å². The van der Waals surface area contributed by atoms with E-state index < -0.39 is 0 Å². The molecule has 3 rings (SSSR count). The Morgan fingerprint density at radius 3 is 2.85 bits per heavy atom. The molecule has 2 nitrogen and oxygen atoms in total. The lowest BCUT2D eigenvalue weighted by Gasteiger charge is -2.33. The SMILES string of the molecule is C1CC2CCOCC3OCC(C1)C23. The normalized spacial score (nSPS) is 49.8. The van der Waals surface area contributed by atoms with Crippen LogP contribution >= 0.6 is 0 Å². The van der Waals surface area contributed by atoms with Crippen molar-refractivity contribution in [3.8, 4) is 0 Å². The fourth-order valence-corrected chi connectivity index (χ4v) is 3.50. The second-order valence-corrected chi connectivity index (χ2v) is 4.76. The maximum absolute atomic E-state index is 5.83. The zero-order chi connectivity index (χ0) is 8.67. The zero-order valence-corrected chi connectivity index (χ0v) is 8.08. The summed E-state index contributed by atoms with van der Waals surface area (Å²) in [7, 11) is 0. The Bertz CT molecular complexity index is 193. The topological polar surface area (TPSA) is 18.5 Å². The lowest BCUT2D eigenvalue weighted by molar-refractivity contribution is 0.0155. The van der Waals surface area contributed by atoms with Gasteiger partial charge in [0.2, 0.25) is 0 Å². The van der Waals surface area contributed by atoms with Gasteiger partial charge in [-0.25, -0.2) is 0 Å². The summed E-state index contributed by atoms with van der Waals surface area (Å²) >= 11 is 0. The van der Waals surface area contributed by atoms with Crippen LogP contribution in [-0.2, 0) is 9.47 Å². The standard InChI is InChI=1S/C11H18O2/c1-2-8-4-5-12-7-10-11(8)9(3-1)6-13-10/h8-11H,1-7H2. The first kappa shape index (κ1) is 8.25. The van der Waals surface area contributed by atoms with Gasteiger partial charge >= 0.3 is 0 Å². The molecule has 4 atom stereocenters. The fraction of sp³-hybridized carbons (Fsp3) is 1.00. The van der Waals surface area contributed by atoms with Gasteiger partial charge in [0.05, 0.1) is 19.3 Å². The Morgan fingerprint density at radius 1 is 0.923 bits per heavy atom. The first-order chi connectivity index (χ1) is 6.45. The molecule has 2 aliphatic heterocycles. The van der Waals surface area contributed by atoms with Crippen molar-refractivity contribution in [2.75, 3.05) is 19.8 Å². The number of ether oxygens (including phenoxy) is 2. The third-order valence-corrected chi connectivity index (χ3v) is 4.11. The minimum absolute atomic E-state index is 0.442. The van der Waals surface area contributed by atoms with E-state index in [1.807, 2.05) is 0 Å². The van der Waals surface area contributed by atoms with Gasteiger partial charge in [0, 0.05) is 6.61 Å². The summed E-state index contributed by atoms with van der Waals surface area (Å²) in [4.78, 5) is 0. The van der Waals surface area contributed by atoms with Crippen molar-refractivity contribution in [1.29, 1.82) is 0 Å². The molecule has 0 aromatic carbocycles. The van der Waals surface area contributed by atoms with Crippen LogP contribution in [-0.4, -0.2) is 25.9 Å². The molecule has 0 radical (unpaired) electrons. The van der Waals surface area contributed by atoms with Crippen LogP contribution in [0.5, 0.6) is 0 Å². The lowest BCUT2D eigenvalue weighted by atomic mass is 9.70. The molecule has 2 heteroatoms. The van der Waals surface area contributed by atoms with Crippen molar-refractivity contribution in [3.63, 3.8) is 0 Å². The zero-order valence-electron chi connectivity index (χ0n) is 8.08. The molecule has 0 amide bonds. The minimum Gasteiger partial charge on any atom is -0.379 e. The van der Waals surface area contributed by atoms with Crippen molar-refractivity contribution in [2.24, 2.45) is 17.8 Å². The molecule has 2 heterocycles. The summed E-state index contributed by atoms with van der Waals surface area (Å²) in [5.41, 5.74) is 0. The van der Waals surface area contributed by atoms with E-state index in [1.165, 1.54) is 25.7 Å². The lowest BCUT2D eigenvalue weighted by Crippen LogP contribution is -2.32. The third kappa shape index (κ3) is 1.31. The van der Waals surface area contributed by atoms with Crippen molar-refractivity contribution < 1.29 is 9.47 Å². The van der Waals surface area contributed by atoms with Crippen LogP contribution in [0.15, 0.2) is 0 Å². The summed E-state index contributed by atoms with van der Waals surface area (Å²) < 4.78 is 11.4. The van der Waals surface area contributed by atoms with E-state index >= 15 is 0 Å². The molecule has 0 aromatic rings. The summed E-state index contributed by atoms with van der Waals surface area (Å²) in [5, 5.41) is 0. The van der Waals surface area contributed by atoms with Crippen LogP contribution in [0.1, 0.15) is 25.7 Å². The highest BCUT2D eigenvalue weighted by atomic mass is 16.5. The predicted molar refractivity (Wildman–Crippen MR) is 49.5 cm³/mol. The molecule has 0 aromatic heterocycles. The monoisotopic (exact) mass is 182 g/mol. The minimum atomic E-state index is 0.442. The fourth-order valence-electron chi connectivity index (χ4n) is 3.50. The predicted octanol–water partition coefficient (Wildman–Crippen LogP) is 1.84. The Balaban J connectivity index is 1.83. The number of rotatable bonds is 0. The van der Waals surface area contributed by atoms with Crippen LogP contribution in [0.4, 0.5) is 0 Å². The summed E-state index contributed by atoms with van der Waals surface area (Å²) in [6.07, 6.45) is 5.96. The first-order valence-electron chi connectivity index (χ1n) is 5.64. The van der Waals surface area contributed by atoms with Gasteiger partial charge in [0.1, 0.15) is 0 Å². The van der Waals surface area contributed by atoms with E-state index in [1.54, 1.807) is 0 Å². The van der Waals surface area contributed by atoms with Gasteiger partial charge in [-0.1, -0.05) is 6.42 Å². The molecule has 1 aliphatic carbocycles. The van der Waals surface area contributed by atoms with Crippen LogP contribution in [0.3, 0.4) is 0 Å².